The maximum Gasteiger partial charge on any atom is 0.232 e. The van der Waals surface area contributed by atoms with E-state index in [1.54, 1.807) is 12.1 Å². The Morgan fingerprint density at radius 3 is 2.28 bits per heavy atom. The largest absolute Gasteiger partial charge is 0.326 e. The number of amides is 1. The van der Waals surface area contributed by atoms with Crippen LogP contribution in [0.3, 0.4) is 0 Å². The molecule has 25 heavy (non-hydrogen) atoms. The van der Waals surface area contributed by atoms with Gasteiger partial charge in [-0.2, -0.15) is 0 Å². The van der Waals surface area contributed by atoms with Crippen LogP contribution in [0.4, 0.5) is 15.8 Å². The van der Waals surface area contributed by atoms with Crippen molar-refractivity contribution in [3.8, 4) is 0 Å². The Kier molecular flexibility index (Phi) is 5.79. The molecule has 1 N–H and O–H groups in total. The number of sulfonamides is 1. The highest BCUT2D eigenvalue weighted by molar-refractivity contribution is 7.92. The minimum atomic E-state index is -3.52. The molecule has 0 radical (unpaired) electrons. The normalized spacial score (nSPS) is 11.2. The van der Waals surface area contributed by atoms with Gasteiger partial charge in [0.15, 0.2) is 0 Å². The third kappa shape index (κ3) is 5.29. The first-order valence-corrected chi connectivity index (χ1v) is 9.62. The van der Waals surface area contributed by atoms with Crippen LogP contribution in [-0.4, -0.2) is 27.1 Å². The molecule has 0 fully saturated rings. The maximum absolute atomic E-state index is 12.9. The molecule has 0 saturated heterocycles. The third-order valence-corrected chi connectivity index (χ3v) is 5.04. The number of hydrogen-bond acceptors (Lipinski definition) is 3. The first kappa shape index (κ1) is 18.9. The highest BCUT2D eigenvalue weighted by atomic mass is 32.2. The van der Waals surface area contributed by atoms with Gasteiger partial charge in [-0.1, -0.05) is 6.07 Å². The van der Waals surface area contributed by atoms with Crippen molar-refractivity contribution in [1.82, 2.24) is 0 Å². The Morgan fingerprint density at radius 2 is 1.72 bits per heavy atom. The smallest absolute Gasteiger partial charge is 0.232 e. The molecule has 0 aliphatic carbocycles. The first-order valence-electron chi connectivity index (χ1n) is 7.77. The summed E-state index contributed by atoms with van der Waals surface area (Å²) in [6, 6.07) is 10.7. The molecule has 0 aliphatic heterocycles. The fourth-order valence-electron chi connectivity index (χ4n) is 2.33. The Bertz CT molecular complexity index is 864. The van der Waals surface area contributed by atoms with Gasteiger partial charge in [0.05, 0.1) is 11.9 Å². The summed E-state index contributed by atoms with van der Waals surface area (Å²) in [7, 11) is -3.52. The zero-order valence-corrected chi connectivity index (χ0v) is 15.2. The number of rotatable bonds is 6. The predicted molar refractivity (Wildman–Crippen MR) is 97.8 cm³/mol. The molecular formula is C18H21FN2O3S. The molecule has 0 bridgehead atoms. The van der Waals surface area contributed by atoms with Crippen LogP contribution in [0, 0.1) is 19.7 Å². The number of benzene rings is 2. The number of hydrogen-bond donors (Lipinski definition) is 1. The Labute approximate surface area is 147 Å². The summed E-state index contributed by atoms with van der Waals surface area (Å²) in [5.41, 5.74) is 3.02. The van der Waals surface area contributed by atoms with Gasteiger partial charge in [0, 0.05) is 18.7 Å². The molecule has 0 saturated carbocycles. The average molecular weight is 364 g/mol. The van der Waals surface area contributed by atoms with Crippen LogP contribution < -0.4 is 9.62 Å². The van der Waals surface area contributed by atoms with E-state index in [4.69, 9.17) is 0 Å². The van der Waals surface area contributed by atoms with Gasteiger partial charge in [0.2, 0.25) is 15.9 Å². The number of carbonyl (C=O) groups excluding carboxylic acids is 1. The first-order chi connectivity index (χ1) is 11.7. The van der Waals surface area contributed by atoms with Crippen LogP contribution in [0.5, 0.6) is 0 Å². The van der Waals surface area contributed by atoms with Crippen LogP contribution in [0.15, 0.2) is 42.5 Å². The van der Waals surface area contributed by atoms with Gasteiger partial charge < -0.3 is 5.32 Å². The molecule has 7 heteroatoms. The molecule has 0 aromatic heterocycles. The Morgan fingerprint density at radius 1 is 1.08 bits per heavy atom. The number of anilines is 2. The van der Waals surface area contributed by atoms with Gasteiger partial charge in [0.25, 0.3) is 0 Å². The summed E-state index contributed by atoms with van der Waals surface area (Å²) < 4.78 is 38.3. The van der Waals surface area contributed by atoms with Gasteiger partial charge in [-0.25, -0.2) is 12.8 Å². The van der Waals surface area contributed by atoms with Gasteiger partial charge in [-0.05, 0) is 61.4 Å². The second kappa shape index (κ2) is 7.65. The van der Waals surface area contributed by atoms with Crippen molar-refractivity contribution < 1.29 is 17.6 Å². The zero-order valence-electron chi connectivity index (χ0n) is 14.4. The molecule has 0 aliphatic rings. The number of aryl methyl sites for hydroxylation is 2. The van der Waals surface area contributed by atoms with Crippen molar-refractivity contribution in [2.45, 2.75) is 20.3 Å². The lowest BCUT2D eigenvalue weighted by molar-refractivity contribution is -0.116. The van der Waals surface area contributed by atoms with E-state index in [-0.39, 0.29) is 18.9 Å². The van der Waals surface area contributed by atoms with E-state index in [1.165, 1.54) is 28.6 Å². The summed E-state index contributed by atoms with van der Waals surface area (Å²) in [5, 5.41) is 2.62. The van der Waals surface area contributed by atoms with Gasteiger partial charge in [0.1, 0.15) is 5.82 Å². The molecule has 1 amide bonds. The molecule has 2 aromatic rings. The van der Waals surface area contributed by atoms with Crippen LogP contribution in [0.1, 0.15) is 17.5 Å². The lowest BCUT2D eigenvalue weighted by Gasteiger charge is -2.23. The fourth-order valence-corrected chi connectivity index (χ4v) is 3.25. The van der Waals surface area contributed by atoms with E-state index in [0.29, 0.717) is 11.4 Å². The minimum Gasteiger partial charge on any atom is -0.326 e. The van der Waals surface area contributed by atoms with Crippen LogP contribution in [0.25, 0.3) is 0 Å². The second-order valence-corrected chi connectivity index (χ2v) is 7.82. The van der Waals surface area contributed by atoms with Crippen LogP contribution >= 0.6 is 0 Å². The average Bonchev–Trinajstić information content (AvgIpc) is 2.52. The van der Waals surface area contributed by atoms with Gasteiger partial charge >= 0.3 is 0 Å². The predicted octanol–water partition coefficient (Wildman–Crippen LogP) is 3.24. The number of nitrogens with zero attached hydrogens (tertiary/aromatic N) is 1. The van der Waals surface area contributed by atoms with Gasteiger partial charge in [-0.15, -0.1) is 0 Å². The topological polar surface area (TPSA) is 66.5 Å². The van der Waals surface area contributed by atoms with E-state index in [9.17, 15) is 17.6 Å². The van der Waals surface area contributed by atoms with Crippen molar-refractivity contribution in [1.29, 1.82) is 0 Å². The molecule has 0 atom stereocenters. The van der Waals surface area contributed by atoms with E-state index < -0.39 is 15.8 Å². The standard InChI is InChI=1S/C18H21FN2O3S/c1-13-4-9-17(12-14(13)2)21(25(3,23)24)11-10-18(22)20-16-7-5-15(19)6-8-16/h4-9,12H,10-11H2,1-3H3,(H,20,22). The summed E-state index contributed by atoms with van der Waals surface area (Å²) in [5.74, 6) is -0.736. The molecular weight excluding hydrogens is 343 g/mol. The van der Waals surface area contributed by atoms with Crippen molar-refractivity contribution in [2.75, 3.05) is 22.4 Å². The number of carbonyl (C=O) groups is 1. The van der Waals surface area contributed by atoms with Gasteiger partial charge in [-0.3, -0.25) is 9.10 Å². The van der Waals surface area contributed by atoms with Crippen LogP contribution in [-0.2, 0) is 14.8 Å². The third-order valence-electron chi connectivity index (χ3n) is 3.85. The van der Waals surface area contributed by atoms with E-state index in [1.807, 2.05) is 19.9 Å². The highest BCUT2D eigenvalue weighted by Gasteiger charge is 2.19. The lowest BCUT2D eigenvalue weighted by Crippen LogP contribution is -2.33. The zero-order chi connectivity index (χ0) is 18.6. The Hall–Kier alpha value is -2.41. The molecule has 2 rings (SSSR count). The molecule has 2 aromatic carbocycles. The number of halogens is 1. The summed E-state index contributed by atoms with van der Waals surface area (Å²) in [6.07, 6.45) is 1.09. The van der Waals surface area contributed by atoms with E-state index in [0.717, 1.165) is 17.4 Å². The fraction of sp³-hybridized carbons (Fsp3) is 0.278. The summed E-state index contributed by atoms with van der Waals surface area (Å²) in [4.78, 5) is 12.1. The summed E-state index contributed by atoms with van der Waals surface area (Å²) in [6.45, 7) is 3.87. The monoisotopic (exact) mass is 364 g/mol. The molecule has 0 unspecified atom stereocenters. The van der Waals surface area contributed by atoms with Crippen molar-refractivity contribution >= 4 is 27.3 Å². The molecule has 0 heterocycles. The van der Waals surface area contributed by atoms with Crippen molar-refractivity contribution in [3.63, 3.8) is 0 Å². The SMILES string of the molecule is Cc1ccc(N(CCC(=O)Nc2ccc(F)cc2)S(C)(=O)=O)cc1C. The van der Waals surface area contributed by atoms with Crippen LogP contribution in [0.2, 0.25) is 0 Å². The van der Waals surface area contributed by atoms with E-state index in [2.05, 4.69) is 5.32 Å². The lowest BCUT2D eigenvalue weighted by atomic mass is 10.1. The highest BCUT2D eigenvalue weighted by Crippen LogP contribution is 2.21. The quantitative estimate of drug-likeness (QED) is 0.856. The Balaban J connectivity index is 2.08. The second-order valence-electron chi connectivity index (χ2n) is 5.91. The summed E-state index contributed by atoms with van der Waals surface area (Å²) >= 11 is 0. The molecule has 5 nitrogen and oxygen atoms in total. The van der Waals surface area contributed by atoms with Crippen molar-refractivity contribution in [3.05, 3.63) is 59.4 Å². The molecule has 0 spiro atoms. The number of nitrogens with one attached hydrogen (secondary N) is 1. The van der Waals surface area contributed by atoms with E-state index >= 15 is 0 Å². The minimum absolute atomic E-state index is 0.0165. The molecule has 134 valence electrons. The maximum atomic E-state index is 12.9. The van der Waals surface area contributed by atoms with Crippen molar-refractivity contribution in [2.24, 2.45) is 0 Å².